The number of likely N-dealkylation sites (N-methyl/N-ethyl adjacent to an activating group) is 1. The van der Waals surface area contributed by atoms with Crippen molar-refractivity contribution in [1.29, 1.82) is 0 Å². The number of halogens is 1. The zero-order valence-electron chi connectivity index (χ0n) is 11.9. The summed E-state index contributed by atoms with van der Waals surface area (Å²) in [6.07, 6.45) is 1.53. The number of likely N-dealkylation sites (tertiary alicyclic amines) is 1. The standard InChI is InChI=1S/C14H19ClN2O3S/c1-16(8-11-4-5-12(15)21-11)13(18)9-17-6-2-3-10(7-17)14(19)20/h4-5,10H,2-3,6-9H2,1H3,(H,19,20). The summed E-state index contributed by atoms with van der Waals surface area (Å²) < 4.78 is 0.714. The molecule has 1 N–H and O–H groups in total. The minimum Gasteiger partial charge on any atom is -0.481 e. The maximum absolute atomic E-state index is 12.2. The number of hydrogen-bond acceptors (Lipinski definition) is 4. The number of carbonyl (C=O) groups is 2. The topological polar surface area (TPSA) is 60.9 Å². The lowest BCUT2D eigenvalue weighted by Gasteiger charge is -2.31. The molecule has 116 valence electrons. The molecule has 0 spiro atoms. The van der Waals surface area contributed by atoms with Crippen molar-refractivity contribution in [2.24, 2.45) is 5.92 Å². The van der Waals surface area contributed by atoms with Gasteiger partial charge in [0.25, 0.3) is 0 Å². The van der Waals surface area contributed by atoms with E-state index in [1.165, 1.54) is 11.3 Å². The number of aliphatic carboxylic acids is 1. The van der Waals surface area contributed by atoms with E-state index in [0.29, 0.717) is 23.8 Å². The van der Waals surface area contributed by atoms with Crippen molar-refractivity contribution in [3.8, 4) is 0 Å². The zero-order valence-corrected chi connectivity index (χ0v) is 13.5. The van der Waals surface area contributed by atoms with E-state index < -0.39 is 5.97 Å². The Hall–Kier alpha value is -1.11. The Balaban J connectivity index is 1.84. The van der Waals surface area contributed by atoms with Crippen LogP contribution in [0.25, 0.3) is 0 Å². The predicted molar refractivity (Wildman–Crippen MR) is 82.6 cm³/mol. The van der Waals surface area contributed by atoms with Crippen molar-refractivity contribution < 1.29 is 14.7 Å². The van der Waals surface area contributed by atoms with Crippen LogP contribution in [0.5, 0.6) is 0 Å². The van der Waals surface area contributed by atoms with E-state index in [4.69, 9.17) is 16.7 Å². The van der Waals surface area contributed by atoms with Gasteiger partial charge in [-0.3, -0.25) is 14.5 Å². The fraction of sp³-hybridized carbons (Fsp3) is 0.571. The lowest BCUT2D eigenvalue weighted by atomic mass is 9.98. The van der Waals surface area contributed by atoms with Crippen molar-refractivity contribution >= 4 is 34.8 Å². The maximum Gasteiger partial charge on any atom is 0.307 e. The lowest BCUT2D eigenvalue weighted by Crippen LogP contribution is -2.44. The molecule has 0 bridgehead atoms. The Kier molecular flexibility index (Phi) is 5.61. The highest BCUT2D eigenvalue weighted by molar-refractivity contribution is 7.16. The molecule has 5 nitrogen and oxygen atoms in total. The molecular formula is C14H19ClN2O3S. The molecule has 2 rings (SSSR count). The molecule has 0 aliphatic carbocycles. The van der Waals surface area contributed by atoms with Gasteiger partial charge in [0.1, 0.15) is 0 Å². The monoisotopic (exact) mass is 330 g/mol. The summed E-state index contributed by atoms with van der Waals surface area (Å²) >= 11 is 7.34. The summed E-state index contributed by atoms with van der Waals surface area (Å²) in [5.41, 5.74) is 0. The van der Waals surface area contributed by atoms with Gasteiger partial charge in [-0.05, 0) is 31.5 Å². The van der Waals surface area contributed by atoms with Crippen LogP contribution < -0.4 is 0 Å². The van der Waals surface area contributed by atoms with Crippen LogP contribution in [-0.2, 0) is 16.1 Å². The molecule has 1 atom stereocenters. The van der Waals surface area contributed by atoms with E-state index in [1.807, 2.05) is 17.0 Å². The second-order valence-electron chi connectivity index (χ2n) is 5.37. The van der Waals surface area contributed by atoms with Crippen molar-refractivity contribution in [3.63, 3.8) is 0 Å². The highest BCUT2D eigenvalue weighted by atomic mass is 35.5. The summed E-state index contributed by atoms with van der Waals surface area (Å²) in [7, 11) is 1.76. The number of carboxylic acids is 1. The van der Waals surface area contributed by atoms with Gasteiger partial charge in [-0.15, -0.1) is 11.3 Å². The highest BCUT2D eigenvalue weighted by Crippen LogP contribution is 2.22. The summed E-state index contributed by atoms with van der Waals surface area (Å²) in [4.78, 5) is 27.9. The molecule has 21 heavy (non-hydrogen) atoms. The zero-order chi connectivity index (χ0) is 15.4. The van der Waals surface area contributed by atoms with Gasteiger partial charge < -0.3 is 10.0 Å². The molecule has 1 aromatic rings. The Bertz CT molecular complexity index is 520. The third-order valence-corrected chi connectivity index (χ3v) is 4.88. The normalized spacial score (nSPS) is 19.4. The minimum atomic E-state index is -0.770. The summed E-state index contributed by atoms with van der Waals surface area (Å²) in [6.45, 7) is 2.06. The van der Waals surface area contributed by atoms with E-state index >= 15 is 0 Å². The second kappa shape index (κ2) is 7.24. The van der Waals surface area contributed by atoms with Gasteiger partial charge in [-0.1, -0.05) is 11.6 Å². The molecular weight excluding hydrogens is 312 g/mol. The molecule has 1 unspecified atom stereocenters. The van der Waals surface area contributed by atoms with Gasteiger partial charge in [0.2, 0.25) is 5.91 Å². The first-order chi connectivity index (χ1) is 9.95. The number of nitrogens with zero attached hydrogens (tertiary/aromatic N) is 2. The molecule has 1 fully saturated rings. The number of carbonyl (C=O) groups excluding carboxylic acids is 1. The van der Waals surface area contributed by atoms with Crippen molar-refractivity contribution in [1.82, 2.24) is 9.80 Å². The number of carboxylic acid groups (broad SMARTS) is 1. The summed E-state index contributed by atoms with van der Waals surface area (Å²) in [5.74, 6) is -1.12. The van der Waals surface area contributed by atoms with Gasteiger partial charge in [0.05, 0.1) is 23.3 Å². The molecule has 1 aromatic heterocycles. The fourth-order valence-corrected chi connectivity index (χ4v) is 3.61. The van der Waals surface area contributed by atoms with Crippen LogP contribution in [0.1, 0.15) is 17.7 Å². The molecule has 1 aliphatic rings. The van der Waals surface area contributed by atoms with Crippen LogP contribution >= 0.6 is 22.9 Å². The van der Waals surface area contributed by atoms with E-state index in [2.05, 4.69) is 0 Å². The fourth-order valence-electron chi connectivity index (χ4n) is 2.47. The molecule has 1 aliphatic heterocycles. The number of rotatable bonds is 5. The third-order valence-electron chi connectivity index (χ3n) is 3.66. The SMILES string of the molecule is CN(Cc1ccc(Cl)s1)C(=O)CN1CCCC(C(=O)O)C1. The first-order valence-electron chi connectivity index (χ1n) is 6.89. The molecule has 0 saturated carbocycles. The van der Waals surface area contributed by atoms with Gasteiger partial charge in [-0.25, -0.2) is 0 Å². The minimum absolute atomic E-state index is 0.00515. The van der Waals surface area contributed by atoms with E-state index in [1.54, 1.807) is 11.9 Å². The third kappa shape index (κ3) is 4.69. The Morgan fingerprint density at radius 1 is 1.52 bits per heavy atom. The van der Waals surface area contributed by atoms with Crippen molar-refractivity contribution in [3.05, 3.63) is 21.3 Å². The van der Waals surface area contributed by atoms with Crippen LogP contribution in [-0.4, -0.2) is 53.5 Å². The lowest BCUT2D eigenvalue weighted by molar-refractivity contribution is -0.144. The molecule has 0 radical (unpaired) electrons. The molecule has 0 aromatic carbocycles. The number of hydrogen-bond donors (Lipinski definition) is 1. The van der Waals surface area contributed by atoms with Crippen molar-refractivity contribution in [2.45, 2.75) is 19.4 Å². The van der Waals surface area contributed by atoms with Gasteiger partial charge in [0.15, 0.2) is 0 Å². The summed E-state index contributed by atoms with van der Waals surface area (Å²) in [6, 6.07) is 3.74. The Labute approximate surface area is 133 Å². The van der Waals surface area contributed by atoms with Gasteiger partial charge in [-0.2, -0.15) is 0 Å². The number of piperidine rings is 1. The quantitative estimate of drug-likeness (QED) is 0.898. The second-order valence-corrected chi connectivity index (χ2v) is 7.17. The number of thiophene rings is 1. The van der Waals surface area contributed by atoms with E-state index in [9.17, 15) is 9.59 Å². The number of amides is 1. The summed E-state index contributed by atoms with van der Waals surface area (Å²) in [5, 5.41) is 9.06. The molecule has 7 heteroatoms. The van der Waals surface area contributed by atoms with Gasteiger partial charge in [0, 0.05) is 18.5 Å². The van der Waals surface area contributed by atoms with Crippen LogP contribution in [0.15, 0.2) is 12.1 Å². The van der Waals surface area contributed by atoms with Crippen LogP contribution in [0.4, 0.5) is 0 Å². The highest BCUT2D eigenvalue weighted by Gasteiger charge is 2.27. The van der Waals surface area contributed by atoms with E-state index in [-0.39, 0.29) is 18.4 Å². The first-order valence-corrected chi connectivity index (χ1v) is 8.08. The Morgan fingerprint density at radius 3 is 2.90 bits per heavy atom. The Morgan fingerprint density at radius 2 is 2.29 bits per heavy atom. The van der Waals surface area contributed by atoms with E-state index in [0.717, 1.165) is 17.8 Å². The molecule has 1 saturated heterocycles. The maximum atomic E-state index is 12.2. The largest absolute Gasteiger partial charge is 0.481 e. The molecule has 1 amide bonds. The smallest absolute Gasteiger partial charge is 0.307 e. The van der Waals surface area contributed by atoms with Crippen LogP contribution in [0.2, 0.25) is 4.34 Å². The average molecular weight is 331 g/mol. The van der Waals surface area contributed by atoms with Crippen molar-refractivity contribution in [2.75, 3.05) is 26.7 Å². The predicted octanol–water partition coefficient (Wildman–Crippen LogP) is 2.16. The first kappa shape index (κ1) is 16.3. The average Bonchev–Trinajstić information content (AvgIpc) is 2.84. The van der Waals surface area contributed by atoms with Crippen LogP contribution in [0, 0.1) is 5.92 Å². The molecule has 2 heterocycles. The van der Waals surface area contributed by atoms with Crippen LogP contribution in [0.3, 0.4) is 0 Å². The van der Waals surface area contributed by atoms with Gasteiger partial charge >= 0.3 is 5.97 Å².